The first kappa shape index (κ1) is 17.4. The van der Waals surface area contributed by atoms with Crippen molar-refractivity contribution >= 4 is 21.8 Å². The minimum absolute atomic E-state index is 0.330. The third-order valence-corrected chi connectivity index (χ3v) is 5.45. The van der Waals surface area contributed by atoms with E-state index in [1.54, 1.807) is 25.3 Å². The number of piperazine rings is 1. The summed E-state index contributed by atoms with van der Waals surface area (Å²) in [5.41, 5.74) is 0.758. The van der Waals surface area contributed by atoms with Gasteiger partial charge in [0.05, 0.1) is 7.11 Å². The monoisotopic (exact) mass is 363 g/mol. The predicted octanol–water partition coefficient (Wildman–Crippen LogP) is 1.27. The van der Waals surface area contributed by atoms with E-state index >= 15 is 0 Å². The van der Waals surface area contributed by atoms with E-state index in [2.05, 4.69) is 14.7 Å². The Bertz CT molecular complexity index is 835. The van der Waals surface area contributed by atoms with Crippen LogP contribution in [0.1, 0.15) is 5.69 Å². The van der Waals surface area contributed by atoms with Gasteiger partial charge < -0.3 is 9.64 Å². The third-order valence-electron chi connectivity index (χ3n) is 3.94. The van der Waals surface area contributed by atoms with Crippen molar-refractivity contribution in [3.8, 4) is 5.88 Å². The van der Waals surface area contributed by atoms with Crippen LogP contribution in [0.4, 0.5) is 11.6 Å². The first-order valence-electron chi connectivity index (χ1n) is 7.95. The van der Waals surface area contributed by atoms with Crippen LogP contribution in [0.5, 0.6) is 5.88 Å². The maximum absolute atomic E-state index is 12.5. The number of aromatic nitrogens is 2. The topological polar surface area (TPSA) is 87.7 Å². The molecule has 0 amide bonds. The zero-order chi connectivity index (χ0) is 17.9. The maximum Gasteiger partial charge on any atom is 0.302 e. The van der Waals surface area contributed by atoms with Gasteiger partial charge in [0.2, 0.25) is 5.88 Å². The van der Waals surface area contributed by atoms with Crippen molar-refractivity contribution in [3.63, 3.8) is 0 Å². The first-order valence-corrected chi connectivity index (χ1v) is 9.39. The summed E-state index contributed by atoms with van der Waals surface area (Å²) < 4.78 is 34.2. The summed E-state index contributed by atoms with van der Waals surface area (Å²) in [7, 11) is -2.05. The Kier molecular flexibility index (Phi) is 5.05. The number of hydrogen-bond acceptors (Lipinski definition) is 6. The van der Waals surface area contributed by atoms with Crippen molar-refractivity contribution < 1.29 is 13.2 Å². The molecule has 9 heteroatoms. The zero-order valence-electron chi connectivity index (χ0n) is 14.2. The molecule has 1 N–H and O–H groups in total. The Hall–Kier alpha value is -2.39. The first-order chi connectivity index (χ1) is 12.0. The minimum Gasteiger partial charge on any atom is -0.481 e. The number of ether oxygens (including phenoxy) is 1. The van der Waals surface area contributed by atoms with E-state index in [1.807, 2.05) is 30.0 Å². The molecule has 134 valence electrons. The third kappa shape index (κ3) is 4.18. The number of nitrogens with one attached hydrogen (secondary N) is 1. The van der Waals surface area contributed by atoms with Gasteiger partial charge in [-0.2, -0.15) is 17.7 Å². The van der Waals surface area contributed by atoms with Gasteiger partial charge in [0, 0.05) is 37.9 Å². The average Bonchev–Trinajstić information content (AvgIpc) is 2.61. The Morgan fingerprint density at radius 1 is 1.04 bits per heavy atom. The Morgan fingerprint density at radius 2 is 1.76 bits per heavy atom. The molecular weight excluding hydrogens is 342 g/mol. The lowest BCUT2D eigenvalue weighted by Gasteiger charge is -2.34. The second kappa shape index (κ2) is 7.24. The van der Waals surface area contributed by atoms with E-state index in [4.69, 9.17) is 4.74 Å². The van der Waals surface area contributed by atoms with Crippen LogP contribution in [0.2, 0.25) is 0 Å². The molecule has 1 aliphatic heterocycles. The van der Waals surface area contributed by atoms with E-state index < -0.39 is 10.2 Å². The fraction of sp³-hybridized carbons (Fsp3) is 0.375. The fourth-order valence-electron chi connectivity index (χ4n) is 2.65. The standard InChI is InChI=1S/C16H21N5O3S/c1-13-5-3-6-14(17-13)19-25(22,23)21-11-9-20(10-12-21)15-7-4-8-16(18-15)24-2/h3-8H,9-12H2,1-2H3,(H,17,19). The highest BCUT2D eigenvalue weighted by Gasteiger charge is 2.27. The number of hydrogen-bond donors (Lipinski definition) is 1. The molecule has 0 aromatic carbocycles. The molecule has 2 aromatic heterocycles. The smallest absolute Gasteiger partial charge is 0.302 e. The van der Waals surface area contributed by atoms with Gasteiger partial charge in [-0.05, 0) is 25.1 Å². The molecule has 2 aromatic rings. The average molecular weight is 363 g/mol. The van der Waals surface area contributed by atoms with Gasteiger partial charge in [-0.3, -0.25) is 4.72 Å². The summed E-state index contributed by atoms with van der Waals surface area (Å²) >= 11 is 0. The lowest BCUT2D eigenvalue weighted by molar-refractivity contribution is 0.381. The van der Waals surface area contributed by atoms with Crippen molar-refractivity contribution in [1.29, 1.82) is 0 Å². The molecule has 0 radical (unpaired) electrons. The summed E-state index contributed by atoms with van der Waals surface area (Å²) in [5, 5.41) is 0. The minimum atomic E-state index is -3.62. The summed E-state index contributed by atoms with van der Waals surface area (Å²) in [5.74, 6) is 1.65. The van der Waals surface area contributed by atoms with E-state index in [-0.39, 0.29) is 0 Å². The van der Waals surface area contributed by atoms with Crippen LogP contribution in [-0.4, -0.2) is 56.0 Å². The lowest BCUT2D eigenvalue weighted by Crippen LogP contribution is -2.50. The SMILES string of the molecule is COc1cccc(N2CCN(S(=O)(=O)Nc3cccc(C)n3)CC2)n1. The Morgan fingerprint density at radius 3 is 2.44 bits per heavy atom. The molecular formula is C16H21N5O3S. The van der Waals surface area contributed by atoms with Gasteiger partial charge in [0.25, 0.3) is 0 Å². The molecule has 1 saturated heterocycles. The summed E-state index contributed by atoms with van der Waals surface area (Å²) in [4.78, 5) is 10.6. The molecule has 0 saturated carbocycles. The van der Waals surface area contributed by atoms with E-state index in [0.29, 0.717) is 37.9 Å². The molecule has 1 aliphatic rings. The molecule has 0 unspecified atom stereocenters. The van der Waals surface area contributed by atoms with Gasteiger partial charge in [0.1, 0.15) is 11.6 Å². The summed E-state index contributed by atoms with van der Waals surface area (Å²) in [6, 6.07) is 10.8. The van der Waals surface area contributed by atoms with Gasteiger partial charge in [0.15, 0.2) is 0 Å². The van der Waals surface area contributed by atoms with E-state index in [1.165, 1.54) is 4.31 Å². The second-order valence-electron chi connectivity index (χ2n) is 5.70. The van der Waals surface area contributed by atoms with Crippen LogP contribution in [0.15, 0.2) is 36.4 Å². The molecule has 0 aliphatic carbocycles. The van der Waals surface area contributed by atoms with E-state index in [0.717, 1.165) is 11.5 Å². The summed E-state index contributed by atoms with van der Waals surface area (Å²) in [6.07, 6.45) is 0. The summed E-state index contributed by atoms with van der Waals surface area (Å²) in [6.45, 7) is 3.68. The Labute approximate surface area is 147 Å². The van der Waals surface area contributed by atoms with Crippen molar-refractivity contribution in [1.82, 2.24) is 14.3 Å². The molecule has 3 rings (SSSR count). The van der Waals surface area contributed by atoms with Crippen molar-refractivity contribution in [2.24, 2.45) is 0 Å². The largest absolute Gasteiger partial charge is 0.481 e. The maximum atomic E-state index is 12.5. The highest BCUT2D eigenvalue weighted by atomic mass is 32.2. The molecule has 3 heterocycles. The lowest BCUT2D eigenvalue weighted by atomic mass is 10.3. The molecule has 0 atom stereocenters. The molecule has 8 nitrogen and oxygen atoms in total. The predicted molar refractivity (Wildman–Crippen MR) is 96.1 cm³/mol. The number of rotatable bonds is 5. The van der Waals surface area contributed by atoms with Crippen LogP contribution >= 0.6 is 0 Å². The molecule has 0 spiro atoms. The number of anilines is 2. The van der Waals surface area contributed by atoms with Crippen LogP contribution < -0.4 is 14.4 Å². The quantitative estimate of drug-likeness (QED) is 0.861. The van der Waals surface area contributed by atoms with Crippen LogP contribution in [0.25, 0.3) is 0 Å². The van der Waals surface area contributed by atoms with Gasteiger partial charge in [-0.25, -0.2) is 4.98 Å². The van der Waals surface area contributed by atoms with E-state index in [9.17, 15) is 8.42 Å². The van der Waals surface area contributed by atoms with Crippen LogP contribution in [0.3, 0.4) is 0 Å². The van der Waals surface area contributed by atoms with Crippen molar-refractivity contribution in [2.45, 2.75) is 6.92 Å². The number of pyridine rings is 2. The highest BCUT2D eigenvalue weighted by Crippen LogP contribution is 2.19. The van der Waals surface area contributed by atoms with Gasteiger partial charge in [-0.15, -0.1) is 0 Å². The zero-order valence-corrected chi connectivity index (χ0v) is 15.0. The van der Waals surface area contributed by atoms with Gasteiger partial charge in [-0.1, -0.05) is 12.1 Å². The number of aryl methyl sites for hydroxylation is 1. The Balaban J connectivity index is 1.64. The van der Waals surface area contributed by atoms with Crippen LogP contribution in [-0.2, 0) is 10.2 Å². The normalized spacial score (nSPS) is 15.8. The second-order valence-corrected chi connectivity index (χ2v) is 7.37. The van der Waals surface area contributed by atoms with Gasteiger partial charge >= 0.3 is 10.2 Å². The number of nitrogens with zero attached hydrogens (tertiary/aromatic N) is 4. The molecule has 1 fully saturated rings. The van der Waals surface area contributed by atoms with Crippen molar-refractivity contribution in [2.75, 3.05) is 42.9 Å². The highest BCUT2D eigenvalue weighted by molar-refractivity contribution is 7.90. The fourth-order valence-corrected chi connectivity index (χ4v) is 3.80. The van der Waals surface area contributed by atoms with Crippen molar-refractivity contribution in [3.05, 3.63) is 42.1 Å². The molecule has 25 heavy (non-hydrogen) atoms. The number of methoxy groups -OCH3 is 1. The molecule has 0 bridgehead atoms. The van der Waals surface area contributed by atoms with Crippen LogP contribution in [0, 0.1) is 6.92 Å².